The minimum absolute atomic E-state index is 0.167. The first-order valence-corrected chi connectivity index (χ1v) is 8.29. The minimum atomic E-state index is 0.167. The van der Waals surface area contributed by atoms with Crippen molar-refractivity contribution in [1.82, 2.24) is 5.32 Å². The second kappa shape index (κ2) is 10.0. The lowest BCUT2D eigenvalue weighted by molar-refractivity contribution is -0.121. The van der Waals surface area contributed by atoms with Crippen LogP contribution in [0.25, 0.3) is 0 Å². The summed E-state index contributed by atoms with van der Waals surface area (Å²) in [5.74, 6) is 0.167. The average Bonchev–Trinajstić information content (AvgIpc) is 2.45. The molecule has 0 aromatic heterocycles. The van der Waals surface area contributed by atoms with Gasteiger partial charge in [0.15, 0.2) is 0 Å². The summed E-state index contributed by atoms with van der Waals surface area (Å²) >= 11 is 3.44. The van der Waals surface area contributed by atoms with Crippen LogP contribution in [0.4, 0.5) is 0 Å². The predicted octanol–water partition coefficient (Wildman–Crippen LogP) is 4.56. The Bertz CT molecular complexity index is 379. The Labute approximate surface area is 125 Å². The van der Waals surface area contributed by atoms with Gasteiger partial charge in [0.25, 0.3) is 0 Å². The highest BCUT2D eigenvalue weighted by atomic mass is 79.9. The number of carbonyl (C=O) groups excluding carboxylic acids is 1. The van der Waals surface area contributed by atoms with Crippen LogP contribution in [0.5, 0.6) is 0 Å². The molecule has 0 aliphatic carbocycles. The molecule has 2 nitrogen and oxygen atoms in total. The quantitative estimate of drug-likeness (QED) is 0.523. The van der Waals surface area contributed by atoms with E-state index >= 15 is 0 Å². The summed E-state index contributed by atoms with van der Waals surface area (Å²) in [4.78, 5) is 11.7. The summed E-state index contributed by atoms with van der Waals surface area (Å²) in [6.07, 6.45) is 6.60. The van der Waals surface area contributed by atoms with Crippen LogP contribution in [0.2, 0.25) is 0 Å². The Balaban J connectivity index is 2.18. The molecule has 1 rings (SSSR count). The number of rotatable bonds is 9. The highest BCUT2D eigenvalue weighted by Gasteiger charge is 2.01. The number of alkyl halides is 1. The molecule has 0 saturated carbocycles. The molecule has 1 N–H and O–H groups in total. The molecule has 0 aliphatic heterocycles. The van der Waals surface area contributed by atoms with Gasteiger partial charge < -0.3 is 5.32 Å². The van der Waals surface area contributed by atoms with E-state index in [-0.39, 0.29) is 5.91 Å². The summed E-state index contributed by atoms with van der Waals surface area (Å²) in [7, 11) is 0. The van der Waals surface area contributed by atoms with Crippen molar-refractivity contribution >= 4 is 21.8 Å². The van der Waals surface area contributed by atoms with Crippen molar-refractivity contribution in [2.45, 2.75) is 57.3 Å². The highest BCUT2D eigenvalue weighted by Crippen LogP contribution is 2.09. The maximum atomic E-state index is 11.7. The monoisotopic (exact) mass is 325 g/mol. The van der Waals surface area contributed by atoms with Gasteiger partial charge in [-0.25, -0.2) is 0 Å². The van der Waals surface area contributed by atoms with Crippen LogP contribution in [0.3, 0.4) is 0 Å². The second-order valence-corrected chi connectivity index (χ2v) is 5.46. The number of carbonyl (C=O) groups is 1. The van der Waals surface area contributed by atoms with E-state index in [2.05, 4.69) is 40.3 Å². The molecule has 0 bridgehead atoms. The molecule has 0 atom stereocenters. The molecule has 1 aromatic carbocycles. The maximum Gasteiger partial charge on any atom is 0.220 e. The number of nitrogens with one attached hydrogen (secondary N) is 1. The molecule has 1 aromatic rings. The van der Waals surface area contributed by atoms with Crippen LogP contribution >= 0.6 is 15.9 Å². The van der Waals surface area contributed by atoms with Gasteiger partial charge in [0.05, 0.1) is 0 Å². The Hall–Kier alpha value is -0.830. The second-order valence-electron chi connectivity index (χ2n) is 4.89. The smallest absolute Gasteiger partial charge is 0.220 e. The molecule has 0 aliphatic rings. The van der Waals surface area contributed by atoms with Crippen molar-refractivity contribution in [2.24, 2.45) is 0 Å². The topological polar surface area (TPSA) is 29.1 Å². The van der Waals surface area contributed by atoms with E-state index in [9.17, 15) is 4.79 Å². The van der Waals surface area contributed by atoms with Crippen LogP contribution in [0.1, 0.15) is 56.6 Å². The molecule has 106 valence electrons. The molecular weight excluding hydrogens is 302 g/mol. The van der Waals surface area contributed by atoms with E-state index in [4.69, 9.17) is 0 Å². The molecule has 0 spiro atoms. The van der Waals surface area contributed by atoms with Crippen LogP contribution in [0.15, 0.2) is 24.3 Å². The zero-order valence-corrected chi connectivity index (χ0v) is 13.3. The fraction of sp³-hybridized carbons (Fsp3) is 0.562. The van der Waals surface area contributed by atoms with Crippen LogP contribution in [0, 0.1) is 0 Å². The van der Waals surface area contributed by atoms with E-state index in [0.29, 0.717) is 13.0 Å². The number of amides is 1. The summed E-state index contributed by atoms with van der Waals surface area (Å²) in [6, 6.07) is 8.28. The molecule has 3 heteroatoms. The van der Waals surface area contributed by atoms with E-state index < -0.39 is 0 Å². The van der Waals surface area contributed by atoms with Gasteiger partial charge >= 0.3 is 0 Å². The van der Waals surface area contributed by atoms with Gasteiger partial charge in [0.2, 0.25) is 5.91 Å². The van der Waals surface area contributed by atoms with Gasteiger partial charge in [-0.05, 0) is 17.5 Å². The minimum Gasteiger partial charge on any atom is -0.352 e. The van der Waals surface area contributed by atoms with Crippen LogP contribution < -0.4 is 5.32 Å². The lowest BCUT2D eigenvalue weighted by Gasteiger charge is -2.06. The number of unbranched alkanes of at least 4 members (excludes halogenated alkanes) is 4. The van der Waals surface area contributed by atoms with E-state index in [1.54, 1.807) is 0 Å². The van der Waals surface area contributed by atoms with Crippen molar-refractivity contribution in [3.63, 3.8) is 0 Å². The maximum absolute atomic E-state index is 11.7. The molecule has 0 unspecified atom stereocenters. The summed E-state index contributed by atoms with van der Waals surface area (Å²) in [5, 5.41) is 3.84. The summed E-state index contributed by atoms with van der Waals surface area (Å²) in [5.41, 5.74) is 2.41. The fourth-order valence-corrected chi connectivity index (χ4v) is 2.35. The molecule has 0 radical (unpaired) electrons. The first kappa shape index (κ1) is 16.2. The fourth-order valence-electron chi connectivity index (χ4n) is 2.00. The standard InChI is InChI=1S/C16H24BrNO/c1-2-3-4-5-6-10-16(19)18-13-15-9-7-8-14(11-15)12-17/h7-9,11H,2-6,10,12-13H2,1H3,(H,18,19). The largest absolute Gasteiger partial charge is 0.352 e. The zero-order valence-electron chi connectivity index (χ0n) is 11.8. The molecule has 0 fully saturated rings. The Morgan fingerprint density at radius 2 is 1.89 bits per heavy atom. The average molecular weight is 326 g/mol. The molecule has 1 amide bonds. The molecular formula is C16H24BrNO. The molecule has 0 heterocycles. The van der Waals surface area contributed by atoms with Gasteiger partial charge in [-0.2, -0.15) is 0 Å². The van der Waals surface area contributed by atoms with E-state index in [1.165, 1.54) is 31.2 Å². The normalized spacial score (nSPS) is 10.4. The van der Waals surface area contributed by atoms with Gasteiger partial charge in [-0.3, -0.25) is 4.79 Å². The van der Waals surface area contributed by atoms with Crippen molar-refractivity contribution in [2.75, 3.05) is 0 Å². The van der Waals surface area contributed by atoms with Gasteiger partial charge in [0.1, 0.15) is 0 Å². The Morgan fingerprint density at radius 1 is 1.16 bits per heavy atom. The lowest BCUT2D eigenvalue weighted by Crippen LogP contribution is -2.22. The van der Waals surface area contributed by atoms with Crippen molar-refractivity contribution < 1.29 is 4.79 Å². The zero-order chi connectivity index (χ0) is 13.9. The molecule has 19 heavy (non-hydrogen) atoms. The van der Waals surface area contributed by atoms with E-state index in [1.807, 2.05) is 12.1 Å². The van der Waals surface area contributed by atoms with Gasteiger partial charge in [0, 0.05) is 18.3 Å². The van der Waals surface area contributed by atoms with Crippen molar-refractivity contribution in [3.05, 3.63) is 35.4 Å². The third kappa shape index (κ3) is 7.36. The highest BCUT2D eigenvalue weighted by molar-refractivity contribution is 9.08. The van der Waals surface area contributed by atoms with Gasteiger partial charge in [-0.1, -0.05) is 72.8 Å². The van der Waals surface area contributed by atoms with Crippen LogP contribution in [-0.4, -0.2) is 5.91 Å². The van der Waals surface area contributed by atoms with Crippen LogP contribution in [-0.2, 0) is 16.7 Å². The van der Waals surface area contributed by atoms with Crippen molar-refractivity contribution in [1.29, 1.82) is 0 Å². The summed E-state index contributed by atoms with van der Waals surface area (Å²) in [6.45, 7) is 2.84. The lowest BCUT2D eigenvalue weighted by atomic mass is 10.1. The SMILES string of the molecule is CCCCCCCC(=O)NCc1cccc(CBr)c1. The van der Waals surface area contributed by atoms with Gasteiger partial charge in [-0.15, -0.1) is 0 Å². The number of hydrogen-bond donors (Lipinski definition) is 1. The number of halogens is 1. The summed E-state index contributed by atoms with van der Waals surface area (Å²) < 4.78 is 0. The van der Waals surface area contributed by atoms with Crippen molar-refractivity contribution in [3.8, 4) is 0 Å². The third-order valence-electron chi connectivity index (χ3n) is 3.14. The first-order chi connectivity index (χ1) is 9.26. The Kier molecular flexibility index (Phi) is 8.55. The third-order valence-corrected chi connectivity index (χ3v) is 3.79. The number of hydrogen-bond acceptors (Lipinski definition) is 1. The number of benzene rings is 1. The Morgan fingerprint density at radius 3 is 2.63 bits per heavy atom. The predicted molar refractivity (Wildman–Crippen MR) is 84.3 cm³/mol. The first-order valence-electron chi connectivity index (χ1n) is 7.16. The molecule has 0 saturated heterocycles. The van der Waals surface area contributed by atoms with E-state index in [0.717, 1.165) is 17.3 Å².